The van der Waals surface area contributed by atoms with E-state index < -0.39 is 12.0 Å². The number of anilines is 1. The monoisotopic (exact) mass is 531 g/mol. The lowest BCUT2D eigenvalue weighted by Crippen LogP contribution is -2.46. The second-order valence-electron chi connectivity index (χ2n) is 8.85. The van der Waals surface area contributed by atoms with Crippen molar-refractivity contribution < 1.29 is 29.3 Å². The number of ether oxygens (including phenoxy) is 2. The molecule has 3 aromatic rings. The summed E-state index contributed by atoms with van der Waals surface area (Å²) in [4.78, 5) is 36.2. The first-order valence-electron chi connectivity index (χ1n) is 12.1. The van der Waals surface area contributed by atoms with E-state index in [-0.39, 0.29) is 12.6 Å². The first-order valence-corrected chi connectivity index (χ1v) is 12.5. The van der Waals surface area contributed by atoms with E-state index in [0.717, 1.165) is 50.4 Å². The number of carboxylic acids is 1. The second kappa shape index (κ2) is 12.2. The highest BCUT2D eigenvalue weighted by Gasteiger charge is 2.27. The third kappa shape index (κ3) is 6.48. The zero-order valence-electron chi connectivity index (χ0n) is 20.5. The molecule has 11 nitrogen and oxygen atoms in total. The van der Waals surface area contributed by atoms with Gasteiger partial charge in [0, 0.05) is 37.4 Å². The normalized spacial score (nSPS) is 17.6. The van der Waals surface area contributed by atoms with E-state index in [1.165, 1.54) is 0 Å². The number of H-pyrrole nitrogens is 1. The SMILES string of the molecule is CC(C(=O)O)N1CCC(Oc2nc3nc(-c4ccc(N5CCOCC5)cc4)c(Cl)cc3[nH]2)CC1.O=CO. The third-order valence-corrected chi connectivity index (χ3v) is 6.87. The van der Waals surface area contributed by atoms with Gasteiger partial charge in [0.15, 0.2) is 5.65 Å². The molecule has 12 heteroatoms. The molecule has 2 aromatic heterocycles. The summed E-state index contributed by atoms with van der Waals surface area (Å²) in [6, 6.07) is 9.97. The van der Waals surface area contributed by atoms with Gasteiger partial charge in [-0.25, -0.2) is 4.98 Å². The Kier molecular flexibility index (Phi) is 8.80. The Balaban J connectivity index is 0.00000102. The van der Waals surface area contributed by atoms with Crippen LogP contribution in [0.2, 0.25) is 5.02 Å². The number of nitrogens with zero attached hydrogens (tertiary/aromatic N) is 4. The van der Waals surface area contributed by atoms with E-state index >= 15 is 0 Å². The molecule has 4 heterocycles. The van der Waals surface area contributed by atoms with Crippen molar-refractivity contribution in [3.05, 3.63) is 35.4 Å². The maximum atomic E-state index is 11.2. The molecule has 37 heavy (non-hydrogen) atoms. The topological polar surface area (TPSA) is 141 Å². The Hall–Kier alpha value is -3.41. The molecule has 2 saturated heterocycles. The van der Waals surface area contributed by atoms with Crippen molar-refractivity contribution in [2.45, 2.75) is 31.9 Å². The number of nitrogens with one attached hydrogen (secondary N) is 1. The molecule has 0 amide bonds. The van der Waals surface area contributed by atoms with E-state index in [9.17, 15) is 9.90 Å². The predicted molar refractivity (Wildman–Crippen MR) is 138 cm³/mol. The van der Waals surface area contributed by atoms with E-state index in [4.69, 9.17) is 36.0 Å². The Morgan fingerprint density at radius 1 is 1.19 bits per heavy atom. The smallest absolute Gasteiger partial charge is 0.320 e. The number of imidazole rings is 1. The summed E-state index contributed by atoms with van der Waals surface area (Å²) in [5.41, 5.74) is 4.02. The number of piperidine rings is 1. The average Bonchev–Trinajstić information content (AvgIpc) is 3.30. The number of rotatable bonds is 6. The summed E-state index contributed by atoms with van der Waals surface area (Å²) in [6.45, 7) is 6.08. The quantitative estimate of drug-likeness (QED) is 0.406. The first-order chi connectivity index (χ1) is 17.9. The summed E-state index contributed by atoms with van der Waals surface area (Å²) in [5, 5.41) is 16.6. The maximum absolute atomic E-state index is 11.2. The zero-order valence-corrected chi connectivity index (χ0v) is 21.2. The van der Waals surface area contributed by atoms with Crippen molar-refractivity contribution in [3.63, 3.8) is 0 Å². The van der Waals surface area contributed by atoms with Gasteiger partial charge in [0.1, 0.15) is 12.1 Å². The summed E-state index contributed by atoms with van der Waals surface area (Å²) in [7, 11) is 0. The molecule has 1 aromatic carbocycles. The molecule has 1 atom stereocenters. The molecular weight excluding hydrogens is 502 g/mol. The number of likely N-dealkylation sites (tertiary alicyclic amines) is 1. The van der Waals surface area contributed by atoms with E-state index in [1.54, 1.807) is 6.92 Å². The van der Waals surface area contributed by atoms with E-state index in [0.29, 0.717) is 41.0 Å². The van der Waals surface area contributed by atoms with Crippen LogP contribution in [0, 0.1) is 0 Å². The molecular formula is C25H30ClN5O6. The number of morpholine rings is 1. The van der Waals surface area contributed by atoms with Crippen molar-refractivity contribution in [3.8, 4) is 17.3 Å². The number of hydrogen-bond acceptors (Lipinski definition) is 8. The minimum absolute atomic E-state index is 0.0273. The number of aromatic amines is 1. The predicted octanol–water partition coefficient (Wildman–Crippen LogP) is 3.13. The van der Waals surface area contributed by atoms with Gasteiger partial charge in [-0.05, 0) is 38.0 Å². The largest absolute Gasteiger partial charge is 0.483 e. The molecule has 2 fully saturated rings. The molecule has 2 aliphatic heterocycles. The lowest BCUT2D eigenvalue weighted by molar-refractivity contribution is -0.143. The van der Waals surface area contributed by atoms with Crippen molar-refractivity contribution in [1.82, 2.24) is 19.9 Å². The van der Waals surface area contributed by atoms with Gasteiger partial charge in [-0.15, -0.1) is 0 Å². The highest BCUT2D eigenvalue weighted by Crippen LogP contribution is 2.31. The summed E-state index contributed by atoms with van der Waals surface area (Å²) >= 11 is 6.57. The number of benzene rings is 1. The second-order valence-corrected chi connectivity index (χ2v) is 9.26. The van der Waals surface area contributed by atoms with E-state index in [1.807, 2.05) is 23.1 Å². The standard InChI is InChI=1S/C24H28ClN5O4.CH2O2/c1-15(23(31)32)29-8-6-18(7-9-29)34-24-26-20-14-19(25)21(27-22(20)28-24)16-2-4-17(5-3-16)30-10-12-33-13-11-30;2-1-3/h2-5,14-15,18H,6-13H2,1H3,(H,31,32)(H,26,27,28);1H,(H,2,3). The minimum Gasteiger partial charge on any atom is -0.483 e. The summed E-state index contributed by atoms with van der Waals surface area (Å²) in [5.74, 6) is -0.800. The van der Waals surface area contributed by atoms with Crippen LogP contribution in [0.4, 0.5) is 5.69 Å². The number of aliphatic carboxylic acids is 1. The highest BCUT2D eigenvalue weighted by atomic mass is 35.5. The van der Waals surface area contributed by atoms with Crippen LogP contribution >= 0.6 is 11.6 Å². The zero-order chi connectivity index (χ0) is 26.4. The van der Waals surface area contributed by atoms with Crippen LogP contribution in [0.1, 0.15) is 19.8 Å². The molecule has 1 unspecified atom stereocenters. The van der Waals surface area contributed by atoms with Gasteiger partial charge < -0.3 is 29.6 Å². The summed E-state index contributed by atoms with van der Waals surface area (Å²) in [6.07, 6.45) is 1.45. The Morgan fingerprint density at radius 2 is 1.84 bits per heavy atom. The fourth-order valence-corrected chi connectivity index (χ4v) is 4.76. The van der Waals surface area contributed by atoms with Crippen LogP contribution < -0.4 is 9.64 Å². The lowest BCUT2D eigenvalue weighted by atomic mass is 10.1. The molecule has 0 aliphatic carbocycles. The third-order valence-electron chi connectivity index (χ3n) is 6.58. The van der Waals surface area contributed by atoms with Gasteiger partial charge in [0.25, 0.3) is 12.5 Å². The molecule has 2 aliphatic rings. The molecule has 0 saturated carbocycles. The molecule has 0 radical (unpaired) electrons. The fourth-order valence-electron chi connectivity index (χ4n) is 4.50. The fraction of sp³-hybridized carbons (Fsp3) is 0.440. The van der Waals surface area contributed by atoms with Crippen LogP contribution in [0.25, 0.3) is 22.4 Å². The van der Waals surface area contributed by atoms with Gasteiger partial charge in [0.05, 0.1) is 29.4 Å². The lowest BCUT2D eigenvalue weighted by Gasteiger charge is -2.33. The van der Waals surface area contributed by atoms with Crippen molar-refractivity contribution in [2.24, 2.45) is 0 Å². The van der Waals surface area contributed by atoms with Gasteiger partial charge >= 0.3 is 5.97 Å². The average molecular weight is 532 g/mol. The molecule has 0 spiro atoms. The van der Waals surface area contributed by atoms with Crippen molar-refractivity contribution in [2.75, 3.05) is 44.3 Å². The van der Waals surface area contributed by atoms with Gasteiger partial charge in [-0.1, -0.05) is 23.7 Å². The maximum Gasteiger partial charge on any atom is 0.320 e. The molecule has 5 rings (SSSR count). The highest BCUT2D eigenvalue weighted by molar-refractivity contribution is 6.33. The minimum atomic E-state index is -0.800. The Bertz CT molecular complexity index is 1210. The van der Waals surface area contributed by atoms with Crippen LogP contribution in [0.15, 0.2) is 30.3 Å². The number of carboxylic acid groups (broad SMARTS) is 2. The van der Waals surface area contributed by atoms with Crippen LogP contribution in [-0.2, 0) is 14.3 Å². The van der Waals surface area contributed by atoms with Crippen LogP contribution in [0.5, 0.6) is 6.01 Å². The Labute approximate surface area is 219 Å². The number of carbonyl (C=O) groups is 2. The van der Waals surface area contributed by atoms with Crippen molar-refractivity contribution >= 4 is 40.9 Å². The van der Waals surface area contributed by atoms with Crippen molar-refractivity contribution in [1.29, 1.82) is 0 Å². The molecule has 0 bridgehead atoms. The van der Waals surface area contributed by atoms with Gasteiger partial charge in [0.2, 0.25) is 0 Å². The number of fused-ring (bicyclic) bond motifs is 1. The van der Waals surface area contributed by atoms with E-state index in [2.05, 4.69) is 27.0 Å². The number of halogens is 1. The molecule has 198 valence electrons. The molecule has 3 N–H and O–H groups in total. The number of aromatic nitrogens is 3. The summed E-state index contributed by atoms with van der Waals surface area (Å²) < 4.78 is 11.5. The first kappa shape index (κ1) is 26.6. The van der Waals surface area contributed by atoms with Crippen LogP contribution in [0.3, 0.4) is 0 Å². The van der Waals surface area contributed by atoms with Gasteiger partial charge in [-0.2, -0.15) is 4.98 Å². The Morgan fingerprint density at radius 3 is 2.46 bits per heavy atom. The number of hydrogen-bond donors (Lipinski definition) is 3. The van der Waals surface area contributed by atoms with Crippen LogP contribution in [-0.4, -0.2) is 94.0 Å². The number of pyridine rings is 1. The van der Waals surface area contributed by atoms with Gasteiger partial charge in [-0.3, -0.25) is 14.5 Å².